The Bertz CT molecular complexity index is 419. The second kappa shape index (κ2) is 4.97. The molecule has 86 valence electrons. The summed E-state index contributed by atoms with van der Waals surface area (Å²) in [5.74, 6) is -0.144. The second-order valence-electron chi connectivity index (χ2n) is 3.61. The highest BCUT2D eigenvalue weighted by Crippen LogP contribution is 2.19. The fourth-order valence-corrected chi connectivity index (χ4v) is 2.95. The Balaban J connectivity index is 1.82. The molecule has 1 aromatic heterocycles. The van der Waals surface area contributed by atoms with Crippen LogP contribution >= 0.6 is 27.3 Å². The number of hydrogen-bond acceptors (Lipinski definition) is 3. The van der Waals surface area contributed by atoms with Gasteiger partial charge >= 0.3 is 0 Å². The molecule has 1 unspecified atom stereocenters. The number of carbonyl (C=O) groups is 2. The fraction of sp³-hybridized carbons (Fsp3) is 0.400. The van der Waals surface area contributed by atoms with E-state index in [0.29, 0.717) is 19.4 Å². The zero-order valence-electron chi connectivity index (χ0n) is 8.46. The van der Waals surface area contributed by atoms with Gasteiger partial charge in [-0.05, 0) is 28.4 Å². The summed E-state index contributed by atoms with van der Waals surface area (Å²) in [6, 6.07) is 1.62. The van der Waals surface area contributed by atoms with Crippen LogP contribution in [0.1, 0.15) is 17.7 Å². The number of nitrogens with one attached hydrogen (secondary N) is 2. The van der Waals surface area contributed by atoms with Crippen LogP contribution in [0.3, 0.4) is 0 Å². The summed E-state index contributed by atoms with van der Waals surface area (Å²) >= 11 is 4.94. The molecule has 1 atom stereocenters. The van der Waals surface area contributed by atoms with Crippen molar-refractivity contribution < 1.29 is 9.59 Å². The summed E-state index contributed by atoms with van der Waals surface area (Å²) in [5, 5.41) is 7.42. The summed E-state index contributed by atoms with van der Waals surface area (Å²) in [5.41, 5.74) is 0. The third kappa shape index (κ3) is 2.82. The third-order valence-electron chi connectivity index (χ3n) is 2.37. The maximum Gasteiger partial charge on any atom is 0.242 e. The first-order valence-electron chi connectivity index (χ1n) is 4.95. The largest absolute Gasteiger partial charge is 0.349 e. The molecule has 0 radical (unpaired) electrons. The lowest BCUT2D eigenvalue weighted by Gasteiger charge is -2.09. The van der Waals surface area contributed by atoms with Gasteiger partial charge in [0, 0.05) is 21.2 Å². The molecule has 1 aromatic rings. The number of amides is 2. The first-order valence-corrected chi connectivity index (χ1v) is 6.62. The average Bonchev–Trinajstić information content (AvgIpc) is 2.84. The predicted octanol–water partition coefficient (Wildman–Crippen LogP) is 1.41. The van der Waals surface area contributed by atoms with E-state index in [0.717, 1.165) is 9.35 Å². The van der Waals surface area contributed by atoms with Crippen LogP contribution in [0.25, 0.3) is 0 Å². The molecule has 6 heteroatoms. The summed E-state index contributed by atoms with van der Waals surface area (Å²) in [6.45, 7) is 0.515. The van der Waals surface area contributed by atoms with Gasteiger partial charge in [-0.2, -0.15) is 0 Å². The van der Waals surface area contributed by atoms with Crippen molar-refractivity contribution in [2.75, 3.05) is 0 Å². The Hall–Kier alpha value is -0.880. The zero-order valence-corrected chi connectivity index (χ0v) is 10.9. The van der Waals surface area contributed by atoms with Gasteiger partial charge in [-0.25, -0.2) is 0 Å². The molecule has 0 spiro atoms. The summed E-state index contributed by atoms with van der Waals surface area (Å²) < 4.78 is 1.02. The predicted molar refractivity (Wildman–Crippen MR) is 65.0 cm³/mol. The Morgan fingerprint density at radius 1 is 1.69 bits per heavy atom. The molecule has 1 fully saturated rings. The van der Waals surface area contributed by atoms with Gasteiger partial charge < -0.3 is 10.6 Å². The lowest BCUT2D eigenvalue weighted by molar-refractivity contribution is -0.125. The van der Waals surface area contributed by atoms with Crippen LogP contribution in [0.5, 0.6) is 0 Å². The van der Waals surface area contributed by atoms with E-state index in [-0.39, 0.29) is 17.9 Å². The van der Waals surface area contributed by atoms with E-state index in [1.54, 1.807) is 11.3 Å². The van der Waals surface area contributed by atoms with Crippen molar-refractivity contribution in [3.05, 3.63) is 20.8 Å². The Morgan fingerprint density at radius 3 is 3.06 bits per heavy atom. The number of halogens is 1. The lowest BCUT2D eigenvalue weighted by atomic mass is 10.2. The van der Waals surface area contributed by atoms with E-state index in [1.807, 2.05) is 11.4 Å². The fourth-order valence-electron chi connectivity index (χ4n) is 1.55. The molecule has 1 saturated heterocycles. The summed E-state index contributed by atoms with van der Waals surface area (Å²) in [7, 11) is 0. The molecule has 0 saturated carbocycles. The Labute approximate surface area is 106 Å². The topological polar surface area (TPSA) is 58.2 Å². The van der Waals surface area contributed by atoms with Crippen LogP contribution in [0.4, 0.5) is 0 Å². The highest BCUT2D eigenvalue weighted by molar-refractivity contribution is 9.10. The van der Waals surface area contributed by atoms with Crippen LogP contribution in [-0.4, -0.2) is 17.9 Å². The van der Waals surface area contributed by atoms with Crippen molar-refractivity contribution in [1.82, 2.24) is 10.6 Å². The summed E-state index contributed by atoms with van der Waals surface area (Å²) in [6.07, 6.45) is 1.04. The minimum absolute atomic E-state index is 0.0426. The Morgan fingerprint density at radius 2 is 2.50 bits per heavy atom. The molecule has 4 nitrogen and oxygen atoms in total. The highest BCUT2D eigenvalue weighted by atomic mass is 79.9. The Kier molecular flexibility index (Phi) is 3.60. The first-order chi connectivity index (χ1) is 7.65. The molecule has 1 aliphatic heterocycles. The van der Waals surface area contributed by atoms with Crippen LogP contribution in [0.2, 0.25) is 0 Å². The molecule has 16 heavy (non-hydrogen) atoms. The first kappa shape index (κ1) is 11.6. The van der Waals surface area contributed by atoms with Crippen molar-refractivity contribution in [2.24, 2.45) is 0 Å². The van der Waals surface area contributed by atoms with Crippen molar-refractivity contribution >= 4 is 39.1 Å². The molecule has 2 N–H and O–H groups in total. The molecule has 2 rings (SSSR count). The van der Waals surface area contributed by atoms with Gasteiger partial charge in [-0.1, -0.05) is 0 Å². The van der Waals surface area contributed by atoms with Crippen molar-refractivity contribution in [3.63, 3.8) is 0 Å². The lowest BCUT2D eigenvalue weighted by Crippen LogP contribution is -2.41. The van der Waals surface area contributed by atoms with E-state index in [9.17, 15) is 9.59 Å². The van der Waals surface area contributed by atoms with Crippen LogP contribution in [0, 0.1) is 0 Å². The van der Waals surface area contributed by atoms with E-state index in [1.165, 1.54) is 0 Å². The van der Waals surface area contributed by atoms with Gasteiger partial charge in [0.05, 0.1) is 6.54 Å². The number of carbonyl (C=O) groups excluding carboxylic acids is 2. The average molecular weight is 303 g/mol. The van der Waals surface area contributed by atoms with Crippen LogP contribution in [0.15, 0.2) is 15.9 Å². The van der Waals surface area contributed by atoms with Crippen molar-refractivity contribution in [2.45, 2.75) is 25.4 Å². The normalized spacial score (nSPS) is 19.6. The van der Waals surface area contributed by atoms with Gasteiger partial charge in [-0.3, -0.25) is 9.59 Å². The molecule has 2 heterocycles. The summed E-state index contributed by atoms with van der Waals surface area (Å²) in [4.78, 5) is 23.7. The quantitative estimate of drug-likeness (QED) is 0.887. The molecular weight excluding hydrogens is 292 g/mol. The van der Waals surface area contributed by atoms with Gasteiger partial charge in [0.15, 0.2) is 0 Å². The van der Waals surface area contributed by atoms with Crippen molar-refractivity contribution in [1.29, 1.82) is 0 Å². The van der Waals surface area contributed by atoms with Gasteiger partial charge in [0.2, 0.25) is 11.8 Å². The standard InChI is InChI=1S/C10H11BrN2O2S/c11-6-3-7(16-5-6)4-12-10(15)8-1-2-9(14)13-8/h3,5,8H,1-2,4H2,(H,12,15)(H,13,14). The molecule has 0 bridgehead atoms. The SMILES string of the molecule is O=C1CCC(C(=O)NCc2cc(Br)cs2)N1. The maximum atomic E-state index is 11.6. The minimum Gasteiger partial charge on any atom is -0.349 e. The third-order valence-corrected chi connectivity index (χ3v) is 4.07. The van der Waals surface area contributed by atoms with Crippen molar-refractivity contribution in [3.8, 4) is 0 Å². The molecule has 0 aromatic carbocycles. The zero-order chi connectivity index (χ0) is 11.5. The van der Waals surface area contributed by atoms with E-state index < -0.39 is 0 Å². The maximum absolute atomic E-state index is 11.6. The monoisotopic (exact) mass is 302 g/mol. The van der Waals surface area contributed by atoms with E-state index in [2.05, 4.69) is 26.6 Å². The van der Waals surface area contributed by atoms with Gasteiger partial charge in [-0.15, -0.1) is 11.3 Å². The van der Waals surface area contributed by atoms with Gasteiger partial charge in [0.25, 0.3) is 0 Å². The smallest absolute Gasteiger partial charge is 0.242 e. The van der Waals surface area contributed by atoms with Crippen LogP contribution < -0.4 is 10.6 Å². The molecular formula is C10H11BrN2O2S. The van der Waals surface area contributed by atoms with Crippen LogP contribution in [-0.2, 0) is 16.1 Å². The molecule has 2 amide bonds. The number of hydrogen-bond donors (Lipinski definition) is 2. The highest BCUT2D eigenvalue weighted by Gasteiger charge is 2.26. The number of rotatable bonds is 3. The van der Waals surface area contributed by atoms with Gasteiger partial charge in [0.1, 0.15) is 6.04 Å². The minimum atomic E-state index is -0.351. The van der Waals surface area contributed by atoms with E-state index in [4.69, 9.17) is 0 Å². The number of thiophene rings is 1. The van der Waals surface area contributed by atoms with E-state index >= 15 is 0 Å². The molecule has 0 aliphatic carbocycles. The molecule has 1 aliphatic rings. The second-order valence-corrected chi connectivity index (χ2v) is 5.52.